The second kappa shape index (κ2) is 5.93. The van der Waals surface area contributed by atoms with E-state index in [0.717, 1.165) is 4.68 Å². The van der Waals surface area contributed by atoms with E-state index >= 15 is 0 Å². The topological polar surface area (TPSA) is 93.3 Å². The maximum absolute atomic E-state index is 12.4. The first kappa shape index (κ1) is 14.8. The molecule has 0 bridgehead atoms. The summed E-state index contributed by atoms with van der Waals surface area (Å²) in [7, 11) is 0. The van der Waals surface area contributed by atoms with Crippen LogP contribution in [0.1, 0.15) is 5.56 Å². The lowest BCUT2D eigenvalue weighted by Gasteiger charge is -2.02. The van der Waals surface area contributed by atoms with E-state index in [-0.39, 0.29) is 16.0 Å². The standard InChI is InChI=1S/C15H10N4O3S/c20-14-12-3-1-2-4-13(12)17-15(23)18(14)16-9-10-5-7-11(8-6-10)19(21)22/h1-9H,(H,17,23)/b16-9-. The summed E-state index contributed by atoms with van der Waals surface area (Å²) in [4.78, 5) is 25.5. The molecule has 0 aliphatic heterocycles. The average Bonchev–Trinajstić information content (AvgIpc) is 2.55. The number of hydrogen-bond donors (Lipinski definition) is 1. The third kappa shape index (κ3) is 2.92. The summed E-state index contributed by atoms with van der Waals surface area (Å²) in [6.07, 6.45) is 1.42. The van der Waals surface area contributed by atoms with Crippen molar-refractivity contribution < 1.29 is 4.92 Å². The number of para-hydroxylation sites is 1. The zero-order valence-corrected chi connectivity index (χ0v) is 12.5. The first-order valence-corrected chi connectivity index (χ1v) is 7.00. The van der Waals surface area contributed by atoms with Crippen LogP contribution >= 0.6 is 12.2 Å². The number of nitrogens with one attached hydrogen (secondary N) is 1. The summed E-state index contributed by atoms with van der Waals surface area (Å²) in [5.41, 5.74) is 0.916. The number of rotatable bonds is 3. The minimum absolute atomic E-state index is 0.0117. The molecule has 1 aromatic heterocycles. The van der Waals surface area contributed by atoms with Crippen molar-refractivity contribution in [3.05, 3.63) is 79.3 Å². The van der Waals surface area contributed by atoms with Crippen molar-refractivity contribution in [2.75, 3.05) is 0 Å². The lowest BCUT2D eigenvalue weighted by molar-refractivity contribution is -0.384. The molecule has 23 heavy (non-hydrogen) atoms. The molecule has 7 nitrogen and oxygen atoms in total. The van der Waals surface area contributed by atoms with Gasteiger partial charge in [0.1, 0.15) is 0 Å². The molecule has 0 aliphatic rings. The van der Waals surface area contributed by atoms with Crippen LogP contribution in [0.5, 0.6) is 0 Å². The highest BCUT2D eigenvalue weighted by molar-refractivity contribution is 7.71. The van der Waals surface area contributed by atoms with Crippen molar-refractivity contribution in [1.29, 1.82) is 0 Å². The molecule has 2 aromatic carbocycles. The predicted octanol–water partition coefficient (Wildman–Crippen LogP) is 2.85. The van der Waals surface area contributed by atoms with E-state index in [1.807, 2.05) is 0 Å². The Morgan fingerprint density at radius 1 is 1.17 bits per heavy atom. The third-order valence-electron chi connectivity index (χ3n) is 3.21. The van der Waals surface area contributed by atoms with E-state index in [0.29, 0.717) is 16.5 Å². The molecule has 0 saturated carbocycles. The van der Waals surface area contributed by atoms with Crippen LogP contribution in [0.25, 0.3) is 10.9 Å². The number of nitro benzene ring substituents is 1. The van der Waals surface area contributed by atoms with Gasteiger partial charge in [0.25, 0.3) is 11.2 Å². The molecule has 0 spiro atoms. The zero-order chi connectivity index (χ0) is 16.4. The van der Waals surface area contributed by atoms with Gasteiger partial charge in [0.15, 0.2) is 0 Å². The quantitative estimate of drug-likeness (QED) is 0.346. The predicted molar refractivity (Wildman–Crippen MR) is 89.5 cm³/mol. The molecule has 0 unspecified atom stereocenters. The Hall–Kier alpha value is -3.13. The fraction of sp³-hybridized carbons (Fsp3) is 0. The molecule has 3 rings (SSSR count). The van der Waals surface area contributed by atoms with Crippen LogP contribution in [0, 0.1) is 14.9 Å². The van der Waals surface area contributed by atoms with E-state index in [9.17, 15) is 14.9 Å². The van der Waals surface area contributed by atoms with Gasteiger partial charge in [0, 0.05) is 12.1 Å². The van der Waals surface area contributed by atoms with Crippen LogP contribution < -0.4 is 5.56 Å². The van der Waals surface area contributed by atoms with Crippen LogP contribution in [0.3, 0.4) is 0 Å². The van der Waals surface area contributed by atoms with Gasteiger partial charge in [-0.15, -0.1) is 0 Å². The van der Waals surface area contributed by atoms with E-state index < -0.39 is 4.92 Å². The van der Waals surface area contributed by atoms with E-state index in [1.165, 1.54) is 18.3 Å². The first-order chi connectivity index (χ1) is 11.1. The van der Waals surface area contributed by atoms with Crippen LogP contribution in [-0.2, 0) is 0 Å². The molecule has 0 saturated heterocycles. The number of nitro groups is 1. The number of non-ortho nitro benzene ring substituents is 1. The van der Waals surface area contributed by atoms with Gasteiger partial charge < -0.3 is 4.98 Å². The molecule has 0 aliphatic carbocycles. The highest BCUT2D eigenvalue weighted by Gasteiger charge is 2.05. The van der Waals surface area contributed by atoms with Crippen LogP contribution in [0.15, 0.2) is 58.4 Å². The smallest absolute Gasteiger partial charge is 0.282 e. The fourth-order valence-corrected chi connectivity index (χ4v) is 2.30. The number of benzene rings is 2. The Balaban J connectivity index is 2.02. The monoisotopic (exact) mass is 326 g/mol. The van der Waals surface area contributed by atoms with E-state index in [2.05, 4.69) is 10.1 Å². The van der Waals surface area contributed by atoms with Crippen LogP contribution in [0.2, 0.25) is 0 Å². The van der Waals surface area contributed by atoms with Crippen molar-refractivity contribution >= 4 is 35.0 Å². The molecular weight excluding hydrogens is 316 g/mol. The maximum Gasteiger partial charge on any atom is 0.282 e. The highest BCUT2D eigenvalue weighted by atomic mass is 32.1. The van der Waals surface area contributed by atoms with Crippen molar-refractivity contribution in [2.45, 2.75) is 0 Å². The van der Waals surface area contributed by atoms with Gasteiger partial charge in [-0.2, -0.15) is 9.78 Å². The van der Waals surface area contributed by atoms with Gasteiger partial charge in [0.05, 0.1) is 22.0 Å². The number of H-pyrrole nitrogens is 1. The number of aromatic amines is 1. The van der Waals surface area contributed by atoms with Gasteiger partial charge in [-0.1, -0.05) is 12.1 Å². The Bertz CT molecular complexity index is 1040. The Morgan fingerprint density at radius 2 is 1.87 bits per heavy atom. The first-order valence-electron chi connectivity index (χ1n) is 6.59. The van der Waals surface area contributed by atoms with Crippen molar-refractivity contribution in [1.82, 2.24) is 9.66 Å². The molecule has 3 aromatic rings. The number of aromatic nitrogens is 2. The maximum atomic E-state index is 12.4. The largest absolute Gasteiger partial charge is 0.330 e. The molecule has 0 fully saturated rings. The van der Waals surface area contributed by atoms with Gasteiger partial charge in [0.2, 0.25) is 4.77 Å². The van der Waals surface area contributed by atoms with Crippen molar-refractivity contribution in [3.63, 3.8) is 0 Å². The summed E-state index contributed by atoms with van der Waals surface area (Å²) in [5.74, 6) is 0. The molecule has 1 heterocycles. The summed E-state index contributed by atoms with van der Waals surface area (Å²) in [6.45, 7) is 0. The van der Waals surface area contributed by atoms with Crippen molar-refractivity contribution in [2.24, 2.45) is 5.10 Å². The fourth-order valence-electron chi connectivity index (χ4n) is 2.06. The Labute approximate surface area is 134 Å². The summed E-state index contributed by atoms with van der Waals surface area (Å²) < 4.78 is 1.26. The number of hydrogen-bond acceptors (Lipinski definition) is 5. The second-order valence-corrected chi connectivity index (χ2v) is 5.07. The second-order valence-electron chi connectivity index (χ2n) is 4.69. The molecule has 0 amide bonds. The Kier molecular flexibility index (Phi) is 3.82. The lowest BCUT2D eigenvalue weighted by Crippen LogP contribution is -2.18. The number of fused-ring (bicyclic) bond motifs is 1. The minimum Gasteiger partial charge on any atom is -0.330 e. The van der Waals surface area contributed by atoms with Gasteiger partial charge in [-0.3, -0.25) is 14.9 Å². The van der Waals surface area contributed by atoms with E-state index in [4.69, 9.17) is 12.2 Å². The summed E-state index contributed by atoms with van der Waals surface area (Å²) in [6, 6.07) is 12.8. The summed E-state index contributed by atoms with van der Waals surface area (Å²) in [5, 5.41) is 15.2. The lowest BCUT2D eigenvalue weighted by atomic mass is 10.2. The van der Waals surface area contributed by atoms with Crippen LogP contribution in [0.4, 0.5) is 5.69 Å². The van der Waals surface area contributed by atoms with Crippen LogP contribution in [-0.4, -0.2) is 20.8 Å². The molecular formula is C15H10N4O3S. The van der Waals surface area contributed by atoms with E-state index in [1.54, 1.807) is 36.4 Å². The normalized spacial score (nSPS) is 11.1. The van der Waals surface area contributed by atoms with Gasteiger partial charge >= 0.3 is 0 Å². The minimum atomic E-state index is -0.481. The molecule has 0 radical (unpaired) electrons. The molecule has 114 valence electrons. The van der Waals surface area contributed by atoms with Crippen molar-refractivity contribution in [3.8, 4) is 0 Å². The third-order valence-corrected chi connectivity index (χ3v) is 3.48. The Morgan fingerprint density at radius 3 is 2.57 bits per heavy atom. The SMILES string of the molecule is O=c1c2ccccc2[nH]c(=S)n1/N=C\c1ccc([N+](=O)[O-])cc1. The average molecular weight is 326 g/mol. The van der Waals surface area contributed by atoms with Gasteiger partial charge in [-0.05, 0) is 42.0 Å². The molecule has 8 heteroatoms. The zero-order valence-electron chi connectivity index (χ0n) is 11.7. The number of nitrogens with zero attached hydrogens (tertiary/aromatic N) is 3. The summed E-state index contributed by atoms with van der Waals surface area (Å²) >= 11 is 5.14. The molecule has 0 atom stereocenters. The molecule has 1 N–H and O–H groups in total. The highest BCUT2D eigenvalue weighted by Crippen LogP contribution is 2.11. The van der Waals surface area contributed by atoms with Gasteiger partial charge in [-0.25, -0.2) is 0 Å².